The van der Waals surface area contributed by atoms with E-state index in [1.807, 2.05) is 6.92 Å². The summed E-state index contributed by atoms with van der Waals surface area (Å²) in [7, 11) is 0. The Morgan fingerprint density at radius 1 is 1.40 bits per heavy atom. The van der Waals surface area contributed by atoms with Gasteiger partial charge < -0.3 is 10.5 Å². The minimum absolute atomic E-state index is 0.0389. The Morgan fingerprint density at radius 3 is 2.47 bits per heavy atom. The van der Waals surface area contributed by atoms with Crippen molar-refractivity contribution in [2.24, 2.45) is 5.73 Å². The van der Waals surface area contributed by atoms with Gasteiger partial charge in [-0.3, -0.25) is 0 Å². The fraction of sp³-hybridized carbons (Fsp3) is 0.667. The van der Waals surface area contributed by atoms with Crippen LogP contribution in [0.2, 0.25) is 0 Å². The molecule has 1 rings (SSSR count). The highest BCUT2D eigenvalue weighted by Gasteiger charge is 2.20. The number of ether oxygens (including phenoxy) is 1. The Kier molecular flexibility index (Phi) is 4.77. The van der Waals surface area contributed by atoms with Crippen LogP contribution in [0.3, 0.4) is 0 Å². The van der Waals surface area contributed by atoms with Crippen molar-refractivity contribution in [1.29, 1.82) is 0 Å². The first kappa shape index (κ1) is 12.7. The fourth-order valence-electron chi connectivity index (χ4n) is 1.40. The fourth-order valence-corrected chi connectivity index (χ4v) is 2.43. The van der Waals surface area contributed by atoms with Gasteiger partial charge >= 0.3 is 0 Å². The quantitative estimate of drug-likeness (QED) is 0.838. The zero-order chi connectivity index (χ0) is 11.4. The molecule has 0 aromatic carbocycles. The van der Waals surface area contributed by atoms with Crippen molar-refractivity contribution in [2.45, 2.75) is 52.4 Å². The minimum Gasteiger partial charge on any atom is -0.368 e. The lowest BCUT2D eigenvalue weighted by Crippen LogP contribution is -2.28. The first-order chi connectivity index (χ1) is 7.04. The summed E-state index contributed by atoms with van der Waals surface area (Å²) in [5, 5.41) is 0. The average molecular weight is 227 g/mol. The molecule has 1 heterocycles. The lowest BCUT2D eigenvalue weighted by Gasteiger charge is -2.23. The van der Waals surface area contributed by atoms with Gasteiger partial charge in [-0.15, -0.1) is 11.3 Å². The maximum Gasteiger partial charge on any atom is 0.107 e. The van der Waals surface area contributed by atoms with Gasteiger partial charge in [-0.25, -0.2) is 0 Å². The maximum atomic E-state index is 5.96. The molecule has 3 atom stereocenters. The molecule has 0 fully saturated rings. The molecule has 15 heavy (non-hydrogen) atoms. The topological polar surface area (TPSA) is 35.2 Å². The molecule has 0 aliphatic rings. The molecule has 0 aliphatic carbocycles. The highest BCUT2D eigenvalue weighted by atomic mass is 32.1. The van der Waals surface area contributed by atoms with Gasteiger partial charge in [0.1, 0.15) is 6.10 Å². The number of thiophene rings is 1. The molecule has 3 unspecified atom stereocenters. The minimum atomic E-state index is 0.0389. The van der Waals surface area contributed by atoms with Crippen LogP contribution < -0.4 is 5.73 Å². The van der Waals surface area contributed by atoms with E-state index in [2.05, 4.69) is 32.9 Å². The van der Waals surface area contributed by atoms with Gasteiger partial charge in [0.15, 0.2) is 0 Å². The molecule has 1 aromatic heterocycles. The number of nitrogens with two attached hydrogens (primary N) is 1. The predicted octanol–water partition coefficient (Wildman–Crippen LogP) is 3.26. The summed E-state index contributed by atoms with van der Waals surface area (Å²) in [6, 6.07) is 4.28. The first-order valence-corrected chi connectivity index (χ1v) is 6.33. The van der Waals surface area contributed by atoms with E-state index in [1.54, 1.807) is 11.3 Å². The Labute approximate surface area is 96.4 Å². The second-order valence-electron chi connectivity index (χ2n) is 4.08. The Morgan fingerprint density at radius 2 is 2.07 bits per heavy atom. The molecule has 0 bridgehead atoms. The Bertz CT molecular complexity index is 296. The molecule has 0 radical (unpaired) electrons. The van der Waals surface area contributed by atoms with Crippen LogP contribution in [0, 0.1) is 6.92 Å². The van der Waals surface area contributed by atoms with Crippen molar-refractivity contribution >= 4 is 11.3 Å². The largest absolute Gasteiger partial charge is 0.368 e. The zero-order valence-corrected chi connectivity index (χ0v) is 10.8. The van der Waals surface area contributed by atoms with E-state index in [0.717, 1.165) is 6.42 Å². The molecule has 0 saturated carbocycles. The predicted molar refractivity (Wildman–Crippen MR) is 66.3 cm³/mol. The zero-order valence-electron chi connectivity index (χ0n) is 9.99. The van der Waals surface area contributed by atoms with Crippen molar-refractivity contribution < 1.29 is 4.74 Å². The molecule has 0 amide bonds. The van der Waals surface area contributed by atoms with Gasteiger partial charge in [-0.05, 0) is 39.3 Å². The summed E-state index contributed by atoms with van der Waals surface area (Å²) < 4.78 is 5.95. The molecule has 0 saturated heterocycles. The van der Waals surface area contributed by atoms with Gasteiger partial charge in [0.05, 0.1) is 6.10 Å². The number of hydrogen-bond donors (Lipinski definition) is 1. The van der Waals surface area contributed by atoms with Crippen LogP contribution in [-0.2, 0) is 4.74 Å². The second kappa shape index (κ2) is 5.64. The maximum absolute atomic E-state index is 5.96. The van der Waals surface area contributed by atoms with Crippen LogP contribution in [0.15, 0.2) is 12.1 Å². The van der Waals surface area contributed by atoms with E-state index in [-0.39, 0.29) is 18.2 Å². The van der Waals surface area contributed by atoms with E-state index in [9.17, 15) is 0 Å². The van der Waals surface area contributed by atoms with Gasteiger partial charge in [0.2, 0.25) is 0 Å². The van der Waals surface area contributed by atoms with E-state index in [1.165, 1.54) is 9.75 Å². The number of aryl methyl sites for hydroxylation is 1. The van der Waals surface area contributed by atoms with Crippen LogP contribution in [0.25, 0.3) is 0 Å². The average Bonchev–Trinajstić information content (AvgIpc) is 2.60. The molecule has 3 heteroatoms. The van der Waals surface area contributed by atoms with Crippen molar-refractivity contribution in [3.05, 3.63) is 21.9 Å². The highest BCUT2D eigenvalue weighted by Crippen LogP contribution is 2.28. The first-order valence-electron chi connectivity index (χ1n) is 5.52. The molecule has 2 nitrogen and oxygen atoms in total. The molecule has 1 aromatic rings. The van der Waals surface area contributed by atoms with Crippen LogP contribution in [-0.4, -0.2) is 12.1 Å². The second-order valence-corrected chi connectivity index (χ2v) is 5.40. The summed E-state index contributed by atoms with van der Waals surface area (Å²) in [5.41, 5.74) is 5.96. The summed E-state index contributed by atoms with van der Waals surface area (Å²) in [5.74, 6) is 0. The van der Waals surface area contributed by atoms with E-state index in [4.69, 9.17) is 10.5 Å². The normalized spacial score (nSPS) is 17.4. The van der Waals surface area contributed by atoms with Gasteiger partial charge in [0, 0.05) is 15.8 Å². The third-order valence-electron chi connectivity index (χ3n) is 2.47. The third kappa shape index (κ3) is 3.59. The van der Waals surface area contributed by atoms with Crippen LogP contribution in [0.1, 0.15) is 43.1 Å². The summed E-state index contributed by atoms with van der Waals surface area (Å²) in [6.07, 6.45) is 1.33. The van der Waals surface area contributed by atoms with E-state index >= 15 is 0 Å². The van der Waals surface area contributed by atoms with Crippen LogP contribution in [0.5, 0.6) is 0 Å². The van der Waals surface area contributed by atoms with Gasteiger partial charge in [0.25, 0.3) is 0 Å². The lowest BCUT2D eigenvalue weighted by atomic mass is 10.1. The van der Waals surface area contributed by atoms with E-state index < -0.39 is 0 Å². The Hall–Kier alpha value is -0.380. The van der Waals surface area contributed by atoms with Crippen molar-refractivity contribution in [2.75, 3.05) is 0 Å². The molecule has 86 valence electrons. The lowest BCUT2D eigenvalue weighted by molar-refractivity contribution is -0.0141. The molecular weight excluding hydrogens is 206 g/mol. The van der Waals surface area contributed by atoms with Crippen LogP contribution >= 0.6 is 11.3 Å². The van der Waals surface area contributed by atoms with Crippen molar-refractivity contribution in [3.8, 4) is 0 Å². The monoisotopic (exact) mass is 227 g/mol. The SMILES string of the molecule is CCC(C)OC(c1ccc(C)s1)C(C)N. The summed E-state index contributed by atoms with van der Waals surface area (Å²) in [4.78, 5) is 2.55. The standard InChI is InChI=1S/C12H21NOS/c1-5-8(2)14-12(10(4)13)11-7-6-9(3)15-11/h6-8,10,12H,5,13H2,1-4H3. The number of hydrogen-bond acceptors (Lipinski definition) is 3. The van der Waals surface area contributed by atoms with E-state index in [0.29, 0.717) is 0 Å². The van der Waals surface area contributed by atoms with Crippen LogP contribution in [0.4, 0.5) is 0 Å². The molecule has 0 spiro atoms. The smallest absolute Gasteiger partial charge is 0.107 e. The summed E-state index contributed by atoms with van der Waals surface area (Å²) >= 11 is 1.77. The highest BCUT2D eigenvalue weighted by molar-refractivity contribution is 7.12. The van der Waals surface area contributed by atoms with Crippen molar-refractivity contribution in [3.63, 3.8) is 0 Å². The summed E-state index contributed by atoms with van der Waals surface area (Å²) in [6.45, 7) is 8.33. The van der Waals surface area contributed by atoms with Gasteiger partial charge in [-0.1, -0.05) is 6.92 Å². The van der Waals surface area contributed by atoms with Gasteiger partial charge in [-0.2, -0.15) is 0 Å². The third-order valence-corrected chi connectivity index (χ3v) is 3.54. The van der Waals surface area contributed by atoms with Crippen molar-refractivity contribution in [1.82, 2.24) is 0 Å². The molecule has 2 N–H and O–H groups in total. The molecule has 0 aliphatic heterocycles. The molecular formula is C12H21NOS. The Balaban J connectivity index is 2.74. The number of rotatable bonds is 5.